The van der Waals surface area contributed by atoms with Crippen LogP contribution in [0.2, 0.25) is 0 Å². The van der Waals surface area contributed by atoms with E-state index in [0.717, 1.165) is 18.7 Å². The third-order valence-corrected chi connectivity index (χ3v) is 3.60. The van der Waals surface area contributed by atoms with E-state index in [9.17, 15) is 4.79 Å². The lowest BCUT2D eigenvalue weighted by Crippen LogP contribution is -2.07. The molecule has 2 rings (SSSR count). The molecule has 23 heavy (non-hydrogen) atoms. The Balaban J connectivity index is 1.68. The second-order valence-corrected chi connectivity index (χ2v) is 5.74. The van der Waals surface area contributed by atoms with E-state index in [1.54, 1.807) is 24.3 Å². The molecule has 2 aromatic rings. The van der Waals surface area contributed by atoms with Gasteiger partial charge in [-0.05, 0) is 54.3 Å². The standard InChI is InChI=1S/C19H23NO3/c1-14(2)15-4-8-17(9-5-15)20-12-3-13-23-18-10-6-16(7-11-18)19(21)22/h4-11,14,20H,3,12-13H2,1-2H3,(H,21,22). The van der Waals surface area contributed by atoms with Crippen molar-refractivity contribution >= 4 is 11.7 Å². The van der Waals surface area contributed by atoms with Crippen LogP contribution in [0.25, 0.3) is 0 Å². The van der Waals surface area contributed by atoms with Crippen LogP contribution in [0.5, 0.6) is 5.75 Å². The fourth-order valence-corrected chi connectivity index (χ4v) is 2.17. The van der Waals surface area contributed by atoms with Crippen LogP contribution in [0.3, 0.4) is 0 Å². The summed E-state index contributed by atoms with van der Waals surface area (Å²) in [6, 6.07) is 14.9. The summed E-state index contributed by atoms with van der Waals surface area (Å²) in [6.45, 7) is 5.78. The van der Waals surface area contributed by atoms with Crippen molar-refractivity contribution in [1.82, 2.24) is 0 Å². The summed E-state index contributed by atoms with van der Waals surface area (Å²) < 4.78 is 5.60. The van der Waals surface area contributed by atoms with Crippen molar-refractivity contribution in [3.05, 3.63) is 59.7 Å². The maximum absolute atomic E-state index is 10.8. The largest absolute Gasteiger partial charge is 0.494 e. The third kappa shape index (κ3) is 5.33. The molecule has 2 N–H and O–H groups in total. The molecule has 0 aliphatic rings. The first-order chi connectivity index (χ1) is 11.1. The summed E-state index contributed by atoms with van der Waals surface area (Å²) >= 11 is 0. The first-order valence-corrected chi connectivity index (χ1v) is 7.86. The molecule has 0 bridgehead atoms. The minimum atomic E-state index is -0.927. The number of aromatic carboxylic acids is 1. The summed E-state index contributed by atoms with van der Waals surface area (Å²) in [5.74, 6) is 0.311. The number of rotatable bonds is 8. The second kappa shape index (κ2) is 8.22. The van der Waals surface area contributed by atoms with Gasteiger partial charge in [-0.1, -0.05) is 26.0 Å². The van der Waals surface area contributed by atoms with Gasteiger partial charge in [0, 0.05) is 12.2 Å². The highest BCUT2D eigenvalue weighted by Gasteiger charge is 2.02. The fraction of sp³-hybridized carbons (Fsp3) is 0.316. The van der Waals surface area contributed by atoms with Crippen LogP contribution in [0.15, 0.2) is 48.5 Å². The summed E-state index contributed by atoms with van der Waals surface area (Å²) in [7, 11) is 0. The van der Waals surface area contributed by atoms with Gasteiger partial charge in [0.2, 0.25) is 0 Å². The van der Waals surface area contributed by atoms with E-state index >= 15 is 0 Å². The SMILES string of the molecule is CC(C)c1ccc(NCCCOc2ccc(C(=O)O)cc2)cc1. The molecule has 0 fully saturated rings. The summed E-state index contributed by atoms with van der Waals surface area (Å²) in [5, 5.41) is 12.2. The smallest absolute Gasteiger partial charge is 0.335 e. The normalized spacial score (nSPS) is 10.6. The van der Waals surface area contributed by atoms with Crippen LogP contribution in [0.4, 0.5) is 5.69 Å². The van der Waals surface area contributed by atoms with Gasteiger partial charge in [-0.2, -0.15) is 0 Å². The lowest BCUT2D eigenvalue weighted by molar-refractivity contribution is 0.0697. The third-order valence-electron chi connectivity index (χ3n) is 3.60. The van der Waals surface area contributed by atoms with Crippen molar-refractivity contribution in [2.45, 2.75) is 26.2 Å². The van der Waals surface area contributed by atoms with E-state index in [-0.39, 0.29) is 5.56 Å². The molecule has 4 heteroatoms. The van der Waals surface area contributed by atoms with Crippen LogP contribution < -0.4 is 10.1 Å². The van der Waals surface area contributed by atoms with Crippen molar-refractivity contribution in [2.75, 3.05) is 18.5 Å². The predicted octanol–water partition coefficient (Wildman–Crippen LogP) is 4.39. The van der Waals surface area contributed by atoms with Crippen molar-refractivity contribution in [1.29, 1.82) is 0 Å². The highest BCUT2D eigenvalue weighted by Crippen LogP contribution is 2.17. The number of carboxylic acids is 1. The lowest BCUT2D eigenvalue weighted by atomic mass is 10.0. The van der Waals surface area contributed by atoms with E-state index in [2.05, 4.69) is 43.4 Å². The molecule has 0 aromatic heterocycles. The Morgan fingerprint density at radius 2 is 1.74 bits per heavy atom. The molecular formula is C19H23NO3. The highest BCUT2D eigenvalue weighted by atomic mass is 16.5. The van der Waals surface area contributed by atoms with Crippen molar-refractivity contribution < 1.29 is 14.6 Å². The molecule has 0 aliphatic carbocycles. The van der Waals surface area contributed by atoms with E-state index < -0.39 is 5.97 Å². The molecule has 2 aromatic carbocycles. The molecule has 4 nitrogen and oxygen atoms in total. The molecule has 0 radical (unpaired) electrons. The topological polar surface area (TPSA) is 58.6 Å². The summed E-state index contributed by atoms with van der Waals surface area (Å²) in [5.41, 5.74) is 2.72. The number of carboxylic acid groups (broad SMARTS) is 1. The summed E-state index contributed by atoms with van der Waals surface area (Å²) in [4.78, 5) is 10.8. The molecule has 0 heterocycles. The maximum atomic E-state index is 10.8. The van der Waals surface area contributed by atoms with Gasteiger partial charge in [0.1, 0.15) is 5.75 Å². The average molecular weight is 313 g/mol. The monoisotopic (exact) mass is 313 g/mol. The Morgan fingerprint density at radius 3 is 2.30 bits per heavy atom. The average Bonchev–Trinajstić information content (AvgIpc) is 2.55. The number of hydrogen-bond acceptors (Lipinski definition) is 3. The molecular weight excluding hydrogens is 290 g/mol. The molecule has 0 spiro atoms. The van der Waals surface area contributed by atoms with E-state index in [4.69, 9.17) is 9.84 Å². The molecule has 122 valence electrons. The lowest BCUT2D eigenvalue weighted by Gasteiger charge is -2.10. The zero-order chi connectivity index (χ0) is 16.7. The van der Waals surface area contributed by atoms with Gasteiger partial charge in [0.15, 0.2) is 0 Å². The molecule has 0 saturated carbocycles. The molecule has 0 aliphatic heterocycles. The van der Waals surface area contributed by atoms with E-state index in [0.29, 0.717) is 18.3 Å². The van der Waals surface area contributed by atoms with Gasteiger partial charge < -0.3 is 15.2 Å². The molecule has 0 unspecified atom stereocenters. The quantitative estimate of drug-likeness (QED) is 0.710. The Bertz CT molecular complexity index is 618. The maximum Gasteiger partial charge on any atom is 0.335 e. The van der Waals surface area contributed by atoms with Crippen LogP contribution >= 0.6 is 0 Å². The van der Waals surface area contributed by atoms with E-state index in [1.807, 2.05) is 0 Å². The Kier molecular flexibility index (Phi) is 6.03. The minimum absolute atomic E-state index is 0.267. The number of ether oxygens (including phenoxy) is 1. The zero-order valence-electron chi connectivity index (χ0n) is 13.6. The van der Waals surface area contributed by atoms with Crippen LogP contribution in [0.1, 0.15) is 42.1 Å². The van der Waals surface area contributed by atoms with Crippen molar-refractivity contribution in [2.24, 2.45) is 0 Å². The minimum Gasteiger partial charge on any atom is -0.494 e. The summed E-state index contributed by atoms with van der Waals surface area (Å²) in [6.07, 6.45) is 0.868. The van der Waals surface area contributed by atoms with Crippen LogP contribution in [0, 0.1) is 0 Å². The highest BCUT2D eigenvalue weighted by molar-refractivity contribution is 5.87. The Hall–Kier alpha value is -2.49. The van der Waals surface area contributed by atoms with Gasteiger partial charge in [-0.3, -0.25) is 0 Å². The number of benzene rings is 2. The second-order valence-electron chi connectivity index (χ2n) is 5.74. The number of hydrogen-bond donors (Lipinski definition) is 2. The Labute approximate surface area is 137 Å². The fourth-order valence-electron chi connectivity index (χ4n) is 2.17. The molecule has 0 amide bonds. The first kappa shape index (κ1) is 16.9. The molecule has 0 saturated heterocycles. The van der Waals surface area contributed by atoms with Gasteiger partial charge in [-0.25, -0.2) is 4.79 Å². The predicted molar refractivity (Wildman–Crippen MR) is 92.5 cm³/mol. The number of carbonyl (C=O) groups is 1. The first-order valence-electron chi connectivity index (χ1n) is 7.86. The van der Waals surface area contributed by atoms with Gasteiger partial charge in [-0.15, -0.1) is 0 Å². The number of anilines is 1. The van der Waals surface area contributed by atoms with Crippen LogP contribution in [-0.2, 0) is 0 Å². The van der Waals surface area contributed by atoms with Crippen molar-refractivity contribution in [3.63, 3.8) is 0 Å². The van der Waals surface area contributed by atoms with Crippen LogP contribution in [-0.4, -0.2) is 24.2 Å². The molecule has 0 atom stereocenters. The van der Waals surface area contributed by atoms with Gasteiger partial charge in [0.05, 0.1) is 12.2 Å². The number of nitrogens with one attached hydrogen (secondary N) is 1. The van der Waals surface area contributed by atoms with Crippen molar-refractivity contribution in [3.8, 4) is 5.75 Å². The van der Waals surface area contributed by atoms with E-state index in [1.165, 1.54) is 5.56 Å². The zero-order valence-corrected chi connectivity index (χ0v) is 13.6. The van der Waals surface area contributed by atoms with Gasteiger partial charge >= 0.3 is 5.97 Å². The van der Waals surface area contributed by atoms with Gasteiger partial charge in [0.25, 0.3) is 0 Å². The Morgan fingerprint density at radius 1 is 1.09 bits per heavy atom.